The van der Waals surface area contributed by atoms with Gasteiger partial charge in [-0.05, 0) is 18.3 Å². The number of azo groups is 1. The Kier molecular flexibility index (Phi) is 4.43. The molecule has 0 bridgehead atoms. The summed E-state index contributed by atoms with van der Waals surface area (Å²) in [6, 6.07) is 7.43. The van der Waals surface area contributed by atoms with Gasteiger partial charge in [0.25, 0.3) is 0 Å². The van der Waals surface area contributed by atoms with Gasteiger partial charge in [0.15, 0.2) is 5.69 Å². The molecule has 2 rings (SSSR count). The maximum absolute atomic E-state index is 9.77. The molecule has 0 aliphatic rings. The lowest BCUT2D eigenvalue weighted by Crippen LogP contribution is -2.23. The second-order valence-electron chi connectivity index (χ2n) is 3.79. The molecular formula is C12H14N4O2S. The van der Waals surface area contributed by atoms with E-state index in [0.29, 0.717) is 18.8 Å². The van der Waals surface area contributed by atoms with Crippen molar-refractivity contribution in [1.29, 1.82) is 0 Å². The van der Waals surface area contributed by atoms with Crippen molar-refractivity contribution in [2.75, 3.05) is 20.3 Å². The molecule has 0 radical (unpaired) electrons. The van der Waals surface area contributed by atoms with Gasteiger partial charge < -0.3 is 20.1 Å². The smallest absolute Gasteiger partial charge is 0.218 e. The van der Waals surface area contributed by atoms with Gasteiger partial charge in [0.2, 0.25) is 11.0 Å². The summed E-state index contributed by atoms with van der Waals surface area (Å²) in [7, 11) is 1.61. The van der Waals surface area contributed by atoms with E-state index in [-0.39, 0.29) is 11.0 Å². The van der Waals surface area contributed by atoms with Crippen LogP contribution in [0.3, 0.4) is 0 Å². The molecule has 1 heterocycles. The van der Waals surface area contributed by atoms with Crippen molar-refractivity contribution in [3.63, 3.8) is 0 Å². The second kappa shape index (κ2) is 6.26. The molecule has 0 atom stereocenters. The number of aromatic nitrogens is 1. The third-order valence-corrected chi connectivity index (χ3v) is 2.71. The van der Waals surface area contributed by atoms with Crippen LogP contribution in [0.1, 0.15) is 0 Å². The first-order chi connectivity index (χ1) is 9.22. The number of nitrogens with one attached hydrogen (secondary N) is 2. The number of hydrogen-bond acceptors (Lipinski definition) is 4. The number of nitrogens with zero attached hydrogens (tertiary/aromatic N) is 2. The van der Waals surface area contributed by atoms with Gasteiger partial charge in [0.1, 0.15) is 0 Å². The minimum Gasteiger partial charge on any atom is -0.493 e. The summed E-state index contributed by atoms with van der Waals surface area (Å²) in [6.07, 6.45) is 0. The Morgan fingerprint density at radius 1 is 1.47 bits per heavy atom. The van der Waals surface area contributed by atoms with Crippen LogP contribution in [-0.4, -0.2) is 35.5 Å². The van der Waals surface area contributed by atoms with Crippen molar-refractivity contribution in [3.05, 3.63) is 24.3 Å². The predicted octanol–water partition coefficient (Wildman–Crippen LogP) is 2.48. The van der Waals surface area contributed by atoms with E-state index in [0.717, 1.165) is 10.9 Å². The molecule has 100 valence electrons. The van der Waals surface area contributed by atoms with Crippen molar-refractivity contribution < 1.29 is 9.84 Å². The number of aromatic hydroxyl groups is 1. The van der Waals surface area contributed by atoms with Crippen molar-refractivity contribution in [2.24, 2.45) is 10.2 Å². The number of H-pyrrole nitrogens is 1. The molecule has 6 nitrogen and oxygen atoms in total. The minimum absolute atomic E-state index is 0.0235. The van der Waals surface area contributed by atoms with Gasteiger partial charge in [-0.2, -0.15) is 0 Å². The molecule has 0 saturated heterocycles. The zero-order valence-electron chi connectivity index (χ0n) is 10.4. The molecular weight excluding hydrogens is 264 g/mol. The first-order valence-electron chi connectivity index (χ1n) is 5.70. The monoisotopic (exact) mass is 278 g/mol. The number of aromatic amines is 1. The fourth-order valence-electron chi connectivity index (χ4n) is 1.60. The van der Waals surface area contributed by atoms with Gasteiger partial charge in [-0.1, -0.05) is 18.2 Å². The van der Waals surface area contributed by atoms with E-state index in [2.05, 4.69) is 20.5 Å². The van der Waals surface area contributed by atoms with Crippen molar-refractivity contribution >= 4 is 33.9 Å². The Balaban J connectivity index is 2.12. The van der Waals surface area contributed by atoms with Crippen LogP contribution in [0.2, 0.25) is 0 Å². The van der Waals surface area contributed by atoms with Crippen molar-refractivity contribution in [1.82, 2.24) is 10.3 Å². The molecule has 3 N–H and O–H groups in total. The maximum Gasteiger partial charge on any atom is 0.218 e. The molecule has 0 fully saturated rings. The Morgan fingerprint density at radius 2 is 2.26 bits per heavy atom. The molecule has 0 aliphatic carbocycles. The lowest BCUT2D eigenvalue weighted by Gasteiger charge is -2.00. The summed E-state index contributed by atoms with van der Waals surface area (Å²) in [5.41, 5.74) is 1.18. The standard InChI is InChI=1S/C12H14N4O2S/c1-18-7-6-13-12(19)16-15-10-8-4-2-3-5-9(8)14-11(10)17/h2-5,14,17H,6-7H2,1H3,(H,13,19). The number of benzene rings is 1. The predicted molar refractivity (Wildman–Crippen MR) is 77.0 cm³/mol. The fourth-order valence-corrected chi connectivity index (χ4v) is 1.75. The number of thiocarbonyl (C=S) groups is 1. The molecule has 0 unspecified atom stereocenters. The average Bonchev–Trinajstić information content (AvgIpc) is 2.72. The number of fused-ring (bicyclic) bond motifs is 1. The minimum atomic E-state index is -0.0235. The van der Waals surface area contributed by atoms with Crippen LogP contribution >= 0.6 is 12.2 Å². The highest BCUT2D eigenvalue weighted by molar-refractivity contribution is 7.80. The Hall–Kier alpha value is -1.99. The van der Waals surface area contributed by atoms with Crippen LogP contribution < -0.4 is 5.32 Å². The molecule has 19 heavy (non-hydrogen) atoms. The summed E-state index contributed by atoms with van der Waals surface area (Å²) < 4.78 is 4.88. The lowest BCUT2D eigenvalue weighted by atomic mass is 10.2. The SMILES string of the molecule is COCCNC(=S)N=Nc1c(O)[nH]c2ccccc12. The van der Waals surface area contributed by atoms with Crippen molar-refractivity contribution in [2.45, 2.75) is 0 Å². The third kappa shape index (κ3) is 3.27. The Morgan fingerprint density at radius 3 is 3.05 bits per heavy atom. The van der Waals surface area contributed by atoms with Gasteiger partial charge in [-0.3, -0.25) is 0 Å². The van der Waals surface area contributed by atoms with E-state index in [4.69, 9.17) is 17.0 Å². The highest BCUT2D eigenvalue weighted by atomic mass is 32.1. The van der Waals surface area contributed by atoms with Crippen LogP contribution in [0.25, 0.3) is 10.9 Å². The third-order valence-electron chi connectivity index (χ3n) is 2.48. The lowest BCUT2D eigenvalue weighted by molar-refractivity contribution is 0.204. The van der Waals surface area contributed by atoms with E-state index in [9.17, 15) is 5.11 Å². The maximum atomic E-state index is 9.77. The molecule has 0 amide bonds. The number of hydrogen-bond donors (Lipinski definition) is 3. The van der Waals surface area contributed by atoms with E-state index in [1.54, 1.807) is 7.11 Å². The van der Waals surface area contributed by atoms with Gasteiger partial charge in [-0.15, -0.1) is 10.2 Å². The molecule has 0 aliphatic heterocycles. The van der Waals surface area contributed by atoms with E-state index >= 15 is 0 Å². The van der Waals surface area contributed by atoms with Crippen LogP contribution in [0.5, 0.6) is 5.88 Å². The molecule has 0 saturated carbocycles. The normalized spacial score (nSPS) is 11.2. The number of methoxy groups -OCH3 is 1. The largest absolute Gasteiger partial charge is 0.493 e. The van der Waals surface area contributed by atoms with Gasteiger partial charge in [0, 0.05) is 19.0 Å². The van der Waals surface area contributed by atoms with E-state index in [1.165, 1.54) is 0 Å². The molecule has 1 aromatic heterocycles. The number of para-hydroxylation sites is 1. The van der Waals surface area contributed by atoms with Gasteiger partial charge in [-0.25, -0.2) is 0 Å². The van der Waals surface area contributed by atoms with Crippen LogP contribution in [-0.2, 0) is 4.74 Å². The van der Waals surface area contributed by atoms with Crippen LogP contribution in [0.15, 0.2) is 34.5 Å². The molecule has 0 spiro atoms. The van der Waals surface area contributed by atoms with Gasteiger partial charge in [0.05, 0.1) is 12.1 Å². The Bertz CT molecular complexity index is 609. The highest BCUT2D eigenvalue weighted by Gasteiger charge is 2.09. The summed E-state index contributed by atoms with van der Waals surface area (Å²) in [4.78, 5) is 2.82. The molecule has 1 aromatic carbocycles. The Labute approximate surface area is 115 Å². The quantitative estimate of drug-likeness (QED) is 0.456. The zero-order valence-corrected chi connectivity index (χ0v) is 11.2. The van der Waals surface area contributed by atoms with Gasteiger partial charge >= 0.3 is 0 Å². The van der Waals surface area contributed by atoms with Crippen molar-refractivity contribution in [3.8, 4) is 5.88 Å². The zero-order chi connectivity index (χ0) is 13.7. The first-order valence-corrected chi connectivity index (χ1v) is 6.11. The van der Waals surface area contributed by atoms with E-state index < -0.39 is 0 Å². The summed E-state index contributed by atoms with van der Waals surface area (Å²) in [5, 5.41) is 21.5. The number of rotatable bonds is 4. The fraction of sp³-hybridized carbons (Fsp3) is 0.250. The summed E-state index contributed by atoms with van der Waals surface area (Å²) >= 11 is 4.99. The summed E-state index contributed by atoms with van der Waals surface area (Å²) in [5.74, 6) is -0.0235. The second-order valence-corrected chi connectivity index (χ2v) is 4.18. The van der Waals surface area contributed by atoms with E-state index in [1.807, 2.05) is 24.3 Å². The molecule has 2 aromatic rings. The first kappa shape index (κ1) is 13.4. The summed E-state index contributed by atoms with van der Waals surface area (Å²) in [6.45, 7) is 1.10. The topological polar surface area (TPSA) is 82.0 Å². The highest BCUT2D eigenvalue weighted by Crippen LogP contribution is 2.34. The van der Waals surface area contributed by atoms with Crippen LogP contribution in [0, 0.1) is 0 Å². The average molecular weight is 278 g/mol. The molecule has 7 heteroatoms. The van der Waals surface area contributed by atoms with Crippen LogP contribution in [0.4, 0.5) is 5.69 Å². The number of ether oxygens (including phenoxy) is 1.